The Labute approximate surface area is 328 Å². The first-order chi connectivity index (χ1) is 27.4. The molecule has 2 saturated heterocycles. The number of fused-ring (bicyclic) bond motifs is 1. The minimum atomic E-state index is -5.06. The van der Waals surface area contributed by atoms with Crippen molar-refractivity contribution in [2.24, 2.45) is 0 Å². The van der Waals surface area contributed by atoms with E-state index in [0.717, 1.165) is 48.4 Å². The van der Waals surface area contributed by atoms with E-state index in [1.165, 1.54) is 10.5 Å². The average molecular weight is 792 g/mol. The topological polar surface area (TPSA) is 62.6 Å². The van der Waals surface area contributed by atoms with Crippen molar-refractivity contribution in [3.8, 4) is 0 Å². The molecule has 7 nitrogen and oxygen atoms in total. The third-order valence-electron chi connectivity index (χ3n) is 11.3. The van der Waals surface area contributed by atoms with Crippen LogP contribution < -0.4 is 5.32 Å². The molecule has 57 heavy (non-hydrogen) atoms. The van der Waals surface area contributed by atoms with Crippen LogP contribution in [0.25, 0.3) is 11.0 Å². The second-order valence-corrected chi connectivity index (χ2v) is 15.0. The van der Waals surface area contributed by atoms with Gasteiger partial charge in [-0.3, -0.25) is 9.69 Å². The highest BCUT2D eigenvalue weighted by Crippen LogP contribution is 2.38. The van der Waals surface area contributed by atoms with Gasteiger partial charge in [-0.2, -0.15) is 26.3 Å². The zero-order chi connectivity index (χ0) is 40.2. The number of rotatable bonds is 12. The number of aromatic nitrogens is 2. The molecule has 7 rings (SSSR count). The molecule has 0 spiro atoms. The van der Waals surface area contributed by atoms with Gasteiger partial charge in [0.15, 0.2) is 0 Å². The summed E-state index contributed by atoms with van der Waals surface area (Å²) in [5.74, 6) is -0.0345. The van der Waals surface area contributed by atoms with Crippen LogP contribution in [0.4, 0.5) is 32.3 Å². The van der Waals surface area contributed by atoms with Crippen molar-refractivity contribution in [1.82, 2.24) is 19.4 Å². The van der Waals surface area contributed by atoms with E-state index in [2.05, 4.69) is 33.0 Å². The lowest BCUT2D eigenvalue weighted by molar-refractivity contribution is -0.143. The number of anilines is 1. The van der Waals surface area contributed by atoms with E-state index in [0.29, 0.717) is 51.2 Å². The summed E-state index contributed by atoms with van der Waals surface area (Å²) in [5, 5.41) is 3.77. The van der Waals surface area contributed by atoms with Gasteiger partial charge >= 0.3 is 12.4 Å². The van der Waals surface area contributed by atoms with Crippen molar-refractivity contribution in [3.05, 3.63) is 131 Å². The van der Waals surface area contributed by atoms with E-state index in [4.69, 9.17) is 9.72 Å². The van der Waals surface area contributed by atoms with Gasteiger partial charge in [0.05, 0.1) is 28.8 Å². The third-order valence-corrected chi connectivity index (χ3v) is 11.3. The smallest absolute Gasteiger partial charge is 0.380 e. The number of alkyl halides is 6. The van der Waals surface area contributed by atoms with E-state index in [1.54, 1.807) is 0 Å². The lowest BCUT2D eigenvalue weighted by Crippen LogP contribution is -2.58. The highest BCUT2D eigenvalue weighted by molar-refractivity contribution is 5.95. The van der Waals surface area contributed by atoms with Crippen LogP contribution in [0.15, 0.2) is 103 Å². The normalized spacial score (nSPS) is 20.9. The second kappa shape index (κ2) is 17.3. The van der Waals surface area contributed by atoms with Gasteiger partial charge in [-0.05, 0) is 86.9 Å². The summed E-state index contributed by atoms with van der Waals surface area (Å²) in [5.41, 5.74) is 0.437. The number of hydrogen-bond acceptors (Lipinski definition) is 5. The SMILES string of the molecule is CCOCCn1c(NC2CCN([C@@H]3CCN(C(=O)c4cc(C(F)(F)F)cc(C(F)(F)F)c4)[C@H](Cc4ccccc4)C3)C(Cc3ccccc3)C2)nc2ccccc21. The van der Waals surface area contributed by atoms with Crippen LogP contribution in [0.2, 0.25) is 0 Å². The molecule has 2 unspecified atom stereocenters. The fourth-order valence-corrected chi connectivity index (χ4v) is 8.58. The quantitative estimate of drug-likeness (QED) is 0.101. The summed E-state index contributed by atoms with van der Waals surface area (Å²) in [6.45, 7) is 4.76. The molecule has 0 bridgehead atoms. The standard InChI is InChI=1S/C44H47F6N5O2/c1-2-57-22-21-55-40-16-10-9-15-39(40)52-42(55)51-35-17-19-53(37(28-35)23-30-11-5-3-6-12-30)36-18-20-54(38(29-36)24-31-13-7-4-8-14-31)41(56)32-25-33(43(45,46)47)27-34(26-32)44(48,49)50/h3-16,25-27,35-38H,2,17-24,28-29H2,1H3,(H,51,52)/t35?,36-,37?,38-/m1/s1. The number of likely N-dealkylation sites (tertiary alicyclic amines) is 2. The number of carbonyl (C=O) groups is 1. The molecule has 5 aromatic rings. The van der Waals surface area contributed by atoms with Crippen molar-refractivity contribution < 1.29 is 35.9 Å². The van der Waals surface area contributed by atoms with Crippen molar-refractivity contribution in [1.29, 1.82) is 0 Å². The van der Waals surface area contributed by atoms with Gasteiger partial charge in [0.1, 0.15) is 0 Å². The van der Waals surface area contributed by atoms with Gasteiger partial charge < -0.3 is 19.5 Å². The summed E-state index contributed by atoms with van der Waals surface area (Å²) in [6.07, 6.45) is -6.24. The summed E-state index contributed by atoms with van der Waals surface area (Å²) in [6, 6.07) is 28.7. The molecule has 1 aromatic heterocycles. The average Bonchev–Trinajstić information content (AvgIpc) is 3.54. The van der Waals surface area contributed by atoms with Gasteiger partial charge in [-0.15, -0.1) is 0 Å². The summed E-state index contributed by atoms with van der Waals surface area (Å²) in [7, 11) is 0. The Bertz CT molecular complexity index is 2070. The summed E-state index contributed by atoms with van der Waals surface area (Å²) >= 11 is 0. The molecule has 2 aliphatic heterocycles. The molecular formula is C44H47F6N5O2. The molecule has 4 aromatic carbocycles. The van der Waals surface area contributed by atoms with Crippen LogP contribution in [-0.2, 0) is 36.5 Å². The molecule has 4 atom stereocenters. The van der Waals surface area contributed by atoms with Crippen LogP contribution in [0, 0.1) is 0 Å². The maximum Gasteiger partial charge on any atom is 0.416 e. The fraction of sp³-hybridized carbons (Fsp3) is 0.409. The fourth-order valence-electron chi connectivity index (χ4n) is 8.58. The molecule has 0 radical (unpaired) electrons. The van der Waals surface area contributed by atoms with Crippen LogP contribution >= 0.6 is 0 Å². The van der Waals surface area contributed by atoms with E-state index in [1.807, 2.05) is 73.7 Å². The van der Waals surface area contributed by atoms with Crippen LogP contribution in [0.5, 0.6) is 0 Å². The number of amides is 1. The highest BCUT2D eigenvalue weighted by Gasteiger charge is 2.42. The molecule has 13 heteroatoms. The molecule has 1 amide bonds. The predicted octanol–water partition coefficient (Wildman–Crippen LogP) is 9.51. The minimum Gasteiger partial charge on any atom is -0.380 e. The van der Waals surface area contributed by atoms with E-state index < -0.39 is 41.0 Å². The molecule has 302 valence electrons. The molecule has 2 fully saturated rings. The summed E-state index contributed by atoms with van der Waals surface area (Å²) in [4.78, 5) is 23.1. The Morgan fingerprint density at radius 3 is 2.02 bits per heavy atom. The van der Waals surface area contributed by atoms with Gasteiger partial charge in [0.25, 0.3) is 5.91 Å². The first-order valence-electron chi connectivity index (χ1n) is 19.6. The molecular weight excluding hydrogens is 745 g/mol. The number of carbonyl (C=O) groups excluding carboxylic acids is 1. The number of imidazole rings is 1. The lowest BCUT2D eigenvalue weighted by Gasteiger charge is -2.49. The van der Waals surface area contributed by atoms with Gasteiger partial charge in [-0.25, -0.2) is 4.98 Å². The van der Waals surface area contributed by atoms with E-state index in [-0.39, 0.29) is 30.7 Å². The molecule has 3 heterocycles. The molecule has 0 aliphatic carbocycles. The second-order valence-electron chi connectivity index (χ2n) is 15.0. The number of nitrogens with zero attached hydrogens (tertiary/aromatic N) is 4. The largest absolute Gasteiger partial charge is 0.416 e. The number of halogens is 6. The van der Waals surface area contributed by atoms with E-state index in [9.17, 15) is 31.1 Å². The van der Waals surface area contributed by atoms with Crippen LogP contribution in [-0.4, -0.2) is 75.7 Å². The zero-order valence-electron chi connectivity index (χ0n) is 31.8. The highest BCUT2D eigenvalue weighted by atomic mass is 19.4. The third kappa shape index (κ3) is 9.64. The predicted molar refractivity (Wildman–Crippen MR) is 208 cm³/mol. The van der Waals surface area contributed by atoms with Crippen LogP contribution in [0.3, 0.4) is 0 Å². The number of nitrogens with one attached hydrogen (secondary N) is 1. The van der Waals surface area contributed by atoms with Gasteiger partial charge in [-0.1, -0.05) is 72.8 Å². The first kappa shape index (κ1) is 40.3. The zero-order valence-corrected chi connectivity index (χ0v) is 31.8. The van der Waals surface area contributed by atoms with E-state index >= 15 is 0 Å². The summed E-state index contributed by atoms with van der Waals surface area (Å²) < 4.78 is 90.8. The first-order valence-corrected chi connectivity index (χ1v) is 19.6. The monoisotopic (exact) mass is 791 g/mol. The number of piperidine rings is 2. The van der Waals surface area contributed by atoms with Crippen molar-refractivity contribution in [3.63, 3.8) is 0 Å². The Hall–Kier alpha value is -4.88. The van der Waals surface area contributed by atoms with Crippen molar-refractivity contribution in [2.45, 2.75) is 88.5 Å². The maximum atomic E-state index is 14.1. The van der Waals surface area contributed by atoms with Gasteiger partial charge in [0.2, 0.25) is 5.95 Å². The molecule has 1 N–H and O–H groups in total. The van der Waals surface area contributed by atoms with Crippen LogP contribution in [0.1, 0.15) is 65.2 Å². The number of para-hydroxylation sites is 2. The number of hydrogen-bond donors (Lipinski definition) is 1. The Morgan fingerprint density at radius 1 is 0.772 bits per heavy atom. The Morgan fingerprint density at radius 2 is 1.39 bits per heavy atom. The number of ether oxygens (including phenoxy) is 1. The number of benzene rings is 4. The minimum absolute atomic E-state index is 0.0282. The molecule has 0 saturated carbocycles. The van der Waals surface area contributed by atoms with Crippen molar-refractivity contribution in [2.75, 3.05) is 31.6 Å². The van der Waals surface area contributed by atoms with Gasteiger partial charge in [0, 0.05) is 56.0 Å². The Balaban J connectivity index is 1.15. The lowest BCUT2D eigenvalue weighted by atomic mass is 9.85. The van der Waals surface area contributed by atoms with Crippen molar-refractivity contribution >= 4 is 22.9 Å². The maximum absolute atomic E-state index is 14.1. The Kier molecular flexibility index (Phi) is 12.2. The molecule has 2 aliphatic rings.